The fourth-order valence-corrected chi connectivity index (χ4v) is 0.502. The molecular weight excluding hydrogens is 172 g/mol. The fourth-order valence-electron chi connectivity index (χ4n) is 0.502. The van der Waals surface area contributed by atoms with Crippen LogP contribution in [0.5, 0.6) is 0 Å². The summed E-state index contributed by atoms with van der Waals surface area (Å²) in [4.78, 5) is 10.5. The molecule has 0 aromatic rings. The zero-order chi connectivity index (χ0) is 9.94. The molecule has 0 aliphatic carbocycles. The second kappa shape index (κ2) is 8.80. The zero-order valence-corrected chi connectivity index (χ0v) is 7.69. The highest BCUT2D eigenvalue weighted by atomic mass is 16.5. The van der Waals surface area contributed by atoms with Gasteiger partial charge < -0.3 is 14.2 Å². The third-order valence-electron chi connectivity index (χ3n) is 1.05. The van der Waals surface area contributed by atoms with Crippen LogP contribution in [0, 0.1) is 0 Å². The first-order chi connectivity index (χ1) is 6.31. The van der Waals surface area contributed by atoms with Gasteiger partial charge in [0.25, 0.3) is 0 Å². The summed E-state index contributed by atoms with van der Waals surface area (Å²) in [6.07, 6.45) is 3.53. The molecule has 0 saturated carbocycles. The molecule has 0 bridgehead atoms. The van der Waals surface area contributed by atoms with Crippen molar-refractivity contribution in [2.24, 2.45) is 0 Å². The van der Waals surface area contributed by atoms with Crippen molar-refractivity contribution in [3.8, 4) is 0 Å². The van der Waals surface area contributed by atoms with E-state index in [2.05, 4.69) is 11.3 Å². The minimum absolute atomic E-state index is 0.440. The van der Waals surface area contributed by atoms with Gasteiger partial charge in [-0.15, -0.1) is 0 Å². The van der Waals surface area contributed by atoms with Gasteiger partial charge in [0.1, 0.15) is 19.1 Å². The van der Waals surface area contributed by atoms with Crippen molar-refractivity contribution >= 4 is 5.97 Å². The Balaban J connectivity index is 3.21. The lowest BCUT2D eigenvalue weighted by atomic mass is 10.7. The highest BCUT2D eigenvalue weighted by Crippen LogP contribution is 1.84. The molecule has 4 heteroatoms. The molecular formula is C9H14O4. The van der Waals surface area contributed by atoms with Gasteiger partial charge in [0.15, 0.2) is 0 Å². The Morgan fingerprint density at radius 3 is 2.77 bits per heavy atom. The van der Waals surface area contributed by atoms with Crippen molar-refractivity contribution in [1.29, 1.82) is 0 Å². The van der Waals surface area contributed by atoms with Crippen LogP contribution in [0.4, 0.5) is 0 Å². The van der Waals surface area contributed by atoms with Gasteiger partial charge in [-0.25, -0.2) is 4.79 Å². The number of carbonyl (C=O) groups excluding carboxylic acids is 1. The zero-order valence-electron chi connectivity index (χ0n) is 7.69. The molecule has 0 rings (SSSR count). The van der Waals surface area contributed by atoms with Crippen molar-refractivity contribution in [3.63, 3.8) is 0 Å². The Hall–Kier alpha value is -1.29. The average molecular weight is 186 g/mol. The van der Waals surface area contributed by atoms with E-state index in [1.54, 1.807) is 0 Å². The summed E-state index contributed by atoms with van der Waals surface area (Å²) in [6, 6.07) is 0. The van der Waals surface area contributed by atoms with E-state index in [0.717, 1.165) is 12.3 Å². The van der Waals surface area contributed by atoms with E-state index < -0.39 is 5.97 Å². The molecule has 0 amide bonds. The van der Waals surface area contributed by atoms with E-state index in [1.165, 1.54) is 6.26 Å². The van der Waals surface area contributed by atoms with E-state index in [1.807, 2.05) is 6.92 Å². The van der Waals surface area contributed by atoms with E-state index in [9.17, 15) is 4.79 Å². The van der Waals surface area contributed by atoms with Gasteiger partial charge in [-0.1, -0.05) is 6.58 Å². The SMILES string of the molecule is C=CC(=O)O/C=C/OCCOCC. The minimum Gasteiger partial charge on any atom is -0.496 e. The quantitative estimate of drug-likeness (QED) is 0.260. The normalized spacial score (nSPS) is 9.92. The van der Waals surface area contributed by atoms with Gasteiger partial charge in [-0.2, -0.15) is 0 Å². The predicted molar refractivity (Wildman–Crippen MR) is 47.9 cm³/mol. The van der Waals surface area contributed by atoms with Crippen LogP contribution in [0.3, 0.4) is 0 Å². The molecule has 0 spiro atoms. The molecule has 0 aliphatic rings. The average Bonchev–Trinajstić information content (AvgIpc) is 2.16. The fraction of sp³-hybridized carbons (Fsp3) is 0.444. The topological polar surface area (TPSA) is 44.8 Å². The predicted octanol–water partition coefficient (Wildman–Crippen LogP) is 1.24. The smallest absolute Gasteiger partial charge is 0.335 e. The van der Waals surface area contributed by atoms with Gasteiger partial charge in [0.05, 0.1) is 6.61 Å². The number of rotatable bonds is 7. The Morgan fingerprint density at radius 1 is 1.38 bits per heavy atom. The molecule has 0 atom stereocenters. The first kappa shape index (κ1) is 11.7. The first-order valence-corrected chi connectivity index (χ1v) is 3.98. The van der Waals surface area contributed by atoms with Gasteiger partial charge in [0, 0.05) is 12.7 Å². The van der Waals surface area contributed by atoms with Crippen molar-refractivity contribution in [2.45, 2.75) is 6.92 Å². The summed E-state index contributed by atoms with van der Waals surface area (Å²) >= 11 is 0. The van der Waals surface area contributed by atoms with Crippen molar-refractivity contribution in [1.82, 2.24) is 0 Å². The highest BCUT2D eigenvalue weighted by Gasteiger charge is 1.88. The number of carbonyl (C=O) groups is 1. The summed E-state index contributed by atoms with van der Waals surface area (Å²) in [7, 11) is 0. The maximum Gasteiger partial charge on any atom is 0.335 e. The Bertz CT molecular complexity index is 174. The number of ether oxygens (including phenoxy) is 3. The van der Waals surface area contributed by atoms with Crippen LogP contribution in [0.2, 0.25) is 0 Å². The number of hydrogen-bond acceptors (Lipinski definition) is 4. The molecule has 0 fully saturated rings. The second-order valence-corrected chi connectivity index (χ2v) is 1.98. The largest absolute Gasteiger partial charge is 0.496 e. The molecule has 0 unspecified atom stereocenters. The van der Waals surface area contributed by atoms with Crippen LogP contribution >= 0.6 is 0 Å². The molecule has 0 heterocycles. The third kappa shape index (κ3) is 8.62. The first-order valence-electron chi connectivity index (χ1n) is 3.98. The van der Waals surface area contributed by atoms with Crippen molar-refractivity contribution < 1.29 is 19.0 Å². The summed E-state index contributed by atoms with van der Waals surface area (Å²) in [5.74, 6) is -0.510. The van der Waals surface area contributed by atoms with Crippen LogP contribution in [0.1, 0.15) is 6.92 Å². The molecule has 0 radical (unpaired) electrons. The number of esters is 1. The van der Waals surface area contributed by atoms with E-state index in [4.69, 9.17) is 9.47 Å². The van der Waals surface area contributed by atoms with Gasteiger partial charge in [-0.05, 0) is 6.92 Å². The van der Waals surface area contributed by atoms with E-state index >= 15 is 0 Å². The van der Waals surface area contributed by atoms with Crippen LogP contribution in [0.15, 0.2) is 25.2 Å². The monoisotopic (exact) mass is 186 g/mol. The maximum absolute atomic E-state index is 10.5. The van der Waals surface area contributed by atoms with Gasteiger partial charge >= 0.3 is 5.97 Å². The highest BCUT2D eigenvalue weighted by molar-refractivity contribution is 5.81. The molecule has 0 aromatic heterocycles. The van der Waals surface area contributed by atoms with Crippen LogP contribution in [0.25, 0.3) is 0 Å². The van der Waals surface area contributed by atoms with Crippen LogP contribution < -0.4 is 0 Å². The van der Waals surface area contributed by atoms with E-state index in [-0.39, 0.29) is 0 Å². The second-order valence-electron chi connectivity index (χ2n) is 1.98. The molecule has 0 N–H and O–H groups in total. The van der Waals surface area contributed by atoms with Crippen molar-refractivity contribution in [3.05, 3.63) is 25.2 Å². The standard InChI is InChI=1S/C9H14O4/c1-3-9(10)13-8-7-12-6-5-11-4-2/h3,7-8H,1,4-6H2,2H3/b8-7+. The summed E-state index contributed by atoms with van der Waals surface area (Å²) in [5.41, 5.74) is 0. The molecule has 0 aromatic carbocycles. The Kier molecular flexibility index (Phi) is 7.93. The number of hydrogen-bond donors (Lipinski definition) is 0. The van der Waals surface area contributed by atoms with Crippen LogP contribution in [-0.4, -0.2) is 25.8 Å². The summed E-state index contributed by atoms with van der Waals surface area (Å²) in [5, 5.41) is 0. The van der Waals surface area contributed by atoms with E-state index in [0.29, 0.717) is 19.8 Å². The molecule has 4 nitrogen and oxygen atoms in total. The minimum atomic E-state index is -0.510. The molecule has 0 saturated heterocycles. The van der Waals surface area contributed by atoms with Crippen molar-refractivity contribution in [2.75, 3.05) is 19.8 Å². The molecule has 0 aliphatic heterocycles. The summed E-state index contributed by atoms with van der Waals surface area (Å²) < 4.78 is 14.4. The third-order valence-corrected chi connectivity index (χ3v) is 1.05. The lowest BCUT2D eigenvalue weighted by molar-refractivity contribution is -0.132. The van der Waals surface area contributed by atoms with Crippen LogP contribution in [-0.2, 0) is 19.0 Å². The maximum atomic E-state index is 10.5. The Labute approximate surface area is 77.8 Å². The summed E-state index contributed by atoms with van der Waals surface area (Å²) in [6.45, 7) is 6.76. The van der Waals surface area contributed by atoms with Gasteiger partial charge in [-0.3, -0.25) is 0 Å². The van der Waals surface area contributed by atoms with Gasteiger partial charge in [0.2, 0.25) is 0 Å². The lowest BCUT2D eigenvalue weighted by Crippen LogP contribution is -2.00. The molecule has 13 heavy (non-hydrogen) atoms. The molecule has 74 valence electrons. The lowest BCUT2D eigenvalue weighted by Gasteiger charge is -1.99. The Morgan fingerprint density at radius 2 is 2.15 bits per heavy atom.